The van der Waals surface area contributed by atoms with E-state index < -0.39 is 5.97 Å². The lowest BCUT2D eigenvalue weighted by Crippen LogP contribution is -2.13. The average Bonchev–Trinajstić information content (AvgIpc) is 2.59. The molecular formula is C17H15ClO5. The van der Waals surface area contributed by atoms with Crippen molar-refractivity contribution in [2.75, 3.05) is 13.7 Å². The van der Waals surface area contributed by atoms with Crippen LogP contribution in [0, 0.1) is 0 Å². The van der Waals surface area contributed by atoms with Crippen LogP contribution in [0.15, 0.2) is 42.5 Å². The smallest absolute Gasteiger partial charge is 0.343 e. The summed E-state index contributed by atoms with van der Waals surface area (Å²) in [6.45, 7) is 0.0835. The second-order valence-corrected chi connectivity index (χ2v) is 5.03. The first kappa shape index (κ1) is 16.8. The van der Waals surface area contributed by atoms with Crippen LogP contribution in [0.5, 0.6) is 11.5 Å². The predicted octanol–water partition coefficient (Wildman–Crippen LogP) is 3.28. The van der Waals surface area contributed by atoms with Crippen LogP contribution in [0.2, 0.25) is 5.02 Å². The van der Waals surface area contributed by atoms with Gasteiger partial charge >= 0.3 is 5.97 Å². The molecule has 0 heterocycles. The third-order valence-corrected chi connectivity index (χ3v) is 3.25. The van der Waals surface area contributed by atoms with Crippen LogP contribution in [-0.2, 0) is 16.1 Å². The van der Waals surface area contributed by atoms with Crippen LogP contribution >= 0.6 is 11.6 Å². The Labute approximate surface area is 138 Å². The fourth-order valence-electron chi connectivity index (χ4n) is 1.78. The van der Waals surface area contributed by atoms with Crippen molar-refractivity contribution >= 4 is 23.9 Å². The molecule has 0 aliphatic rings. The summed E-state index contributed by atoms with van der Waals surface area (Å²) < 4.78 is 15.3. The molecule has 0 aliphatic heterocycles. The monoisotopic (exact) mass is 334 g/mol. The van der Waals surface area contributed by atoms with Gasteiger partial charge in [0.2, 0.25) is 0 Å². The molecule has 120 valence electrons. The first-order chi connectivity index (χ1) is 11.1. The van der Waals surface area contributed by atoms with E-state index in [0.29, 0.717) is 35.0 Å². The zero-order valence-corrected chi connectivity index (χ0v) is 13.2. The molecule has 2 aromatic carbocycles. The lowest BCUT2D eigenvalue weighted by atomic mass is 10.2. The molecular weight excluding hydrogens is 320 g/mol. The first-order valence-corrected chi connectivity index (χ1v) is 7.16. The van der Waals surface area contributed by atoms with Crippen LogP contribution in [-0.4, -0.2) is 26.0 Å². The molecule has 0 atom stereocenters. The molecule has 0 unspecified atom stereocenters. The highest BCUT2D eigenvalue weighted by molar-refractivity contribution is 6.30. The van der Waals surface area contributed by atoms with Crippen molar-refractivity contribution in [2.24, 2.45) is 0 Å². The third kappa shape index (κ3) is 5.00. The molecule has 2 rings (SSSR count). The number of carbonyl (C=O) groups excluding carboxylic acids is 2. The molecule has 0 N–H and O–H groups in total. The molecule has 2 aromatic rings. The summed E-state index contributed by atoms with van der Waals surface area (Å²) in [4.78, 5) is 22.2. The normalized spacial score (nSPS) is 10.0. The minimum atomic E-state index is -0.523. The van der Waals surface area contributed by atoms with Crippen molar-refractivity contribution in [3.63, 3.8) is 0 Å². The zero-order chi connectivity index (χ0) is 16.7. The molecule has 0 bridgehead atoms. The van der Waals surface area contributed by atoms with Gasteiger partial charge in [-0.05, 0) is 35.9 Å². The van der Waals surface area contributed by atoms with Crippen molar-refractivity contribution in [3.05, 3.63) is 58.6 Å². The molecule has 0 amide bonds. The lowest BCUT2D eigenvalue weighted by molar-refractivity contribution is -0.142. The molecule has 5 nitrogen and oxygen atoms in total. The molecule has 0 spiro atoms. The first-order valence-electron chi connectivity index (χ1n) is 6.78. The van der Waals surface area contributed by atoms with E-state index in [-0.39, 0.29) is 6.61 Å². The van der Waals surface area contributed by atoms with Crippen LogP contribution in [0.4, 0.5) is 0 Å². The van der Waals surface area contributed by atoms with Crippen molar-refractivity contribution in [3.8, 4) is 11.5 Å². The standard InChI is InChI=1S/C17H15ClO5/c1-21-17(20)11-23-16-7-6-15(8-13(16)9-19)22-10-12-2-4-14(18)5-3-12/h2-9H,10-11H2,1H3. The number of rotatable bonds is 7. The SMILES string of the molecule is COC(=O)COc1ccc(OCc2ccc(Cl)cc2)cc1C=O. The summed E-state index contributed by atoms with van der Waals surface area (Å²) in [7, 11) is 1.26. The fourth-order valence-corrected chi connectivity index (χ4v) is 1.91. The molecule has 0 saturated carbocycles. The van der Waals surface area contributed by atoms with E-state index in [1.165, 1.54) is 7.11 Å². The molecule has 0 saturated heterocycles. The lowest BCUT2D eigenvalue weighted by Gasteiger charge is -2.10. The number of ether oxygens (including phenoxy) is 3. The summed E-state index contributed by atoms with van der Waals surface area (Å²) in [5, 5.41) is 0.657. The fraction of sp³-hybridized carbons (Fsp3) is 0.176. The van der Waals surface area contributed by atoms with E-state index in [4.69, 9.17) is 21.1 Å². The molecule has 6 heteroatoms. The number of hydrogen-bond donors (Lipinski definition) is 0. The van der Waals surface area contributed by atoms with E-state index >= 15 is 0 Å². The second-order valence-electron chi connectivity index (χ2n) is 4.60. The van der Waals surface area contributed by atoms with Crippen molar-refractivity contribution in [1.29, 1.82) is 0 Å². The Hall–Kier alpha value is -2.53. The van der Waals surface area contributed by atoms with Crippen LogP contribution in [0.25, 0.3) is 0 Å². The Morgan fingerprint density at radius 3 is 2.52 bits per heavy atom. The van der Waals surface area contributed by atoms with Gasteiger partial charge in [0.1, 0.15) is 18.1 Å². The Kier molecular flexibility index (Phi) is 6.00. The second kappa shape index (κ2) is 8.19. The van der Waals surface area contributed by atoms with Gasteiger partial charge in [-0.15, -0.1) is 0 Å². The van der Waals surface area contributed by atoms with Crippen molar-refractivity contribution in [1.82, 2.24) is 0 Å². The minimum Gasteiger partial charge on any atom is -0.489 e. The van der Waals surface area contributed by atoms with Gasteiger partial charge in [-0.2, -0.15) is 0 Å². The third-order valence-electron chi connectivity index (χ3n) is 3.00. The Morgan fingerprint density at radius 1 is 1.13 bits per heavy atom. The number of methoxy groups -OCH3 is 1. The number of carbonyl (C=O) groups is 2. The maximum Gasteiger partial charge on any atom is 0.343 e. The number of esters is 1. The summed E-state index contributed by atoms with van der Waals surface area (Å²) in [5.41, 5.74) is 1.25. The van der Waals surface area contributed by atoms with E-state index in [1.807, 2.05) is 12.1 Å². The minimum absolute atomic E-state index is 0.262. The Bertz CT molecular complexity index is 682. The number of benzene rings is 2. The maximum atomic E-state index is 11.1. The van der Waals surface area contributed by atoms with Crippen LogP contribution < -0.4 is 9.47 Å². The van der Waals surface area contributed by atoms with Gasteiger partial charge in [0, 0.05) is 5.02 Å². The summed E-state index contributed by atoms with van der Waals surface area (Å²) in [6, 6.07) is 12.1. The quantitative estimate of drug-likeness (QED) is 0.574. The Morgan fingerprint density at radius 2 is 1.87 bits per heavy atom. The molecule has 0 radical (unpaired) electrons. The van der Waals surface area contributed by atoms with Crippen LogP contribution in [0.3, 0.4) is 0 Å². The average molecular weight is 335 g/mol. The van der Waals surface area contributed by atoms with Gasteiger partial charge in [0.15, 0.2) is 12.9 Å². The van der Waals surface area contributed by atoms with Crippen molar-refractivity contribution in [2.45, 2.75) is 6.61 Å². The predicted molar refractivity (Wildman–Crippen MR) is 85.1 cm³/mol. The van der Waals surface area contributed by atoms with Crippen molar-refractivity contribution < 1.29 is 23.8 Å². The summed E-state index contributed by atoms with van der Waals surface area (Å²) in [5.74, 6) is 0.293. The van der Waals surface area contributed by atoms with E-state index in [2.05, 4.69) is 4.74 Å². The van der Waals surface area contributed by atoms with Gasteiger partial charge in [-0.3, -0.25) is 4.79 Å². The Balaban J connectivity index is 2.01. The number of halogens is 1. The molecule has 0 aliphatic carbocycles. The van der Waals surface area contributed by atoms with Crippen LogP contribution in [0.1, 0.15) is 15.9 Å². The topological polar surface area (TPSA) is 61.8 Å². The zero-order valence-electron chi connectivity index (χ0n) is 12.5. The van der Waals surface area contributed by atoms with Gasteiger partial charge in [-0.1, -0.05) is 23.7 Å². The van der Waals surface area contributed by atoms with Gasteiger partial charge < -0.3 is 14.2 Å². The van der Waals surface area contributed by atoms with E-state index in [0.717, 1.165) is 5.56 Å². The summed E-state index contributed by atoms with van der Waals surface area (Å²) >= 11 is 5.82. The van der Waals surface area contributed by atoms with E-state index in [1.54, 1.807) is 30.3 Å². The summed E-state index contributed by atoms with van der Waals surface area (Å²) in [6.07, 6.45) is 0.641. The largest absolute Gasteiger partial charge is 0.489 e. The van der Waals surface area contributed by atoms with Gasteiger partial charge in [-0.25, -0.2) is 4.79 Å². The maximum absolute atomic E-state index is 11.1. The van der Waals surface area contributed by atoms with E-state index in [9.17, 15) is 9.59 Å². The number of hydrogen-bond acceptors (Lipinski definition) is 5. The molecule has 23 heavy (non-hydrogen) atoms. The highest BCUT2D eigenvalue weighted by atomic mass is 35.5. The molecule has 0 aromatic heterocycles. The highest BCUT2D eigenvalue weighted by Crippen LogP contribution is 2.24. The highest BCUT2D eigenvalue weighted by Gasteiger charge is 2.08. The van der Waals surface area contributed by atoms with Gasteiger partial charge in [0.25, 0.3) is 0 Å². The molecule has 0 fully saturated rings. The van der Waals surface area contributed by atoms with Gasteiger partial charge in [0.05, 0.1) is 12.7 Å². The number of aldehydes is 1.